The normalized spacial score (nSPS) is 15.2. The van der Waals surface area contributed by atoms with E-state index in [0.29, 0.717) is 11.3 Å². The molecule has 6 rings (SSSR count). The van der Waals surface area contributed by atoms with Gasteiger partial charge in [0.1, 0.15) is 11.0 Å². The van der Waals surface area contributed by atoms with Gasteiger partial charge in [0.25, 0.3) is 11.8 Å². The second-order valence-electron chi connectivity index (χ2n) is 9.99. The predicted molar refractivity (Wildman–Crippen MR) is 156 cm³/mol. The molecule has 0 spiro atoms. The first kappa shape index (κ1) is 25.6. The van der Waals surface area contributed by atoms with E-state index in [9.17, 15) is 14.4 Å². The first-order valence-corrected chi connectivity index (χ1v) is 13.8. The number of thiazole rings is 1. The Hall–Kier alpha value is -4.69. The number of nitrogens with zero attached hydrogens (tertiary/aromatic N) is 4. The van der Waals surface area contributed by atoms with Gasteiger partial charge in [-0.05, 0) is 79.6 Å². The minimum atomic E-state index is -0.923. The summed E-state index contributed by atoms with van der Waals surface area (Å²) in [5, 5.41) is 0.871. The number of hydrogen-bond acceptors (Lipinski definition) is 6. The molecule has 1 unspecified atom stereocenters. The van der Waals surface area contributed by atoms with Crippen LogP contribution in [0.15, 0.2) is 91.3 Å². The van der Waals surface area contributed by atoms with Crippen molar-refractivity contribution in [3.63, 3.8) is 0 Å². The third kappa shape index (κ3) is 4.89. The molecule has 8 heteroatoms. The van der Waals surface area contributed by atoms with E-state index in [1.165, 1.54) is 15.4 Å². The molecule has 5 aromatic rings. The largest absolute Gasteiger partial charge is 0.322 e. The number of amides is 3. The molecule has 1 saturated heterocycles. The van der Waals surface area contributed by atoms with E-state index in [1.807, 2.05) is 49.4 Å². The Morgan fingerprint density at radius 2 is 1.77 bits per heavy atom. The number of benzene rings is 3. The number of imide groups is 1. The molecule has 1 aliphatic rings. The van der Waals surface area contributed by atoms with E-state index in [1.54, 1.807) is 54.1 Å². The topological polar surface area (TPSA) is 83.5 Å². The summed E-state index contributed by atoms with van der Waals surface area (Å²) < 4.78 is 1.11. The van der Waals surface area contributed by atoms with Crippen LogP contribution in [0, 0.1) is 13.8 Å². The van der Waals surface area contributed by atoms with Crippen molar-refractivity contribution in [2.24, 2.45) is 0 Å². The first-order chi connectivity index (χ1) is 19.4. The molecule has 0 saturated carbocycles. The molecule has 0 N–H and O–H groups in total. The van der Waals surface area contributed by atoms with Crippen molar-refractivity contribution in [2.75, 3.05) is 4.90 Å². The average Bonchev–Trinajstić information content (AvgIpc) is 3.51. The van der Waals surface area contributed by atoms with Crippen molar-refractivity contribution in [3.05, 3.63) is 114 Å². The lowest BCUT2D eigenvalue weighted by molar-refractivity contribution is -0.122. The number of aryl methyl sites for hydroxylation is 2. The number of carbonyl (C=O) groups excluding carboxylic acids is 3. The van der Waals surface area contributed by atoms with Crippen molar-refractivity contribution < 1.29 is 14.4 Å². The molecular weight excluding hydrogens is 520 g/mol. The summed E-state index contributed by atoms with van der Waals surface area (Å²) >= 11 is 1.60. The fourth-order valence-corrected chi connectivity index (χ4v) is 6.06. The quantitative estimate of drug-likeness (QED) is 0.246. The zero-order valence-electron chi connectivity index (χ0n) is 22.1. The summed E-state index contributed by atoms with van der Waals surface area (Å²) in [7, 11) is 0. The maximum atomic E-state index is 13.7. The first-order valence-electron chi connectivity index (χ1n) is 13.0. The third-order valence-corrected chi connectivity index (χ3v) is 8.08. The average molecular weight is 547 g/mol. The molecule has 1 atom stereocenters. The Labute approximate surface area is 235 Å². The van der Waals surface area contributed by atoms with E-state index in [2.05, 4.69) is 18.0 Å². The molecule has 0 aliphatic carbocycles. The molecule has 40 heavy (non-hydrogen) atoms. The SMILES string of the molecule is Cc1cccc(C(=O)N(Cc2cccnc2)C2CC(=O)N(c3ccc(-c4nc5ccc(C)cc5s4)cc3)C2=O)c1. The summed E-state index contributed by atoms with van der Waals surface area (Å²) in [6.07, 6.45) is 3.23. The van der Waals surface area contributed by atoms with E-state index < -0.39 is 11.9 Å². The Morgan fingerprint density at radius 1 is 0.975 bits per heavy atom. The van der Waals surface area contributed by atoms with Gasteiger partial charge in [-0.15, -0.1) is 11.3 Å². The van der Waals surface area contributed by atoms with Gasteiger partial charge >= 0.3 is 0 Å². The molecule has 7 nitrogen and oxygen atoms in total. The maximum Gasteiger partial charge on any atom is 0.257 e. The van der Waals surface area contributed by atoms with Crippen LogP contribution in [0.4, 0.5) is 5.69 Å². The lowest BCUT2D eigenvalue weighted by Crippen LogP contribution is -2.45. The lowest BCUT2D eigenvalue weighted by Gasteiger charge is -2.28. The molecule has 3 amide bonds. The number of anilines is 1. The van der Waals surface area contributed by atoms with Crippen LogP contribution < -0.4 is 4.90 Å². The van der Waals surface area contributed by atoms with Crippen LogP contribution >= 0.6 is 11.3 Å². The van der Waals surface area contributed by atoms with E-state index >= 15 is 0 Å². The molecule has 198 valence electrons. The minimum Gasteiger partial charge on any atom is -0.322 e. The van der Waals surface area contributed by atoms with Crippen LogP contribution in [0.3, 0.4) is 0 Å². The molecule has 0 radical (unpaired) electrons. The van der Waals surface area contributed by atoms with Gasteiger partial charge in [-0.3, -0.25) is 19.4 Å². The number of aromatic nitrogens is 2. The summed E-state index contributed by atoms with van der Waals surface area (Å²) in [6.45, 7) is 4.12. The number of pyridine rings is 1. The fourth-order valence-electron chi connectivity index (χ4n) is 4.99. The molecule has 3 heterocycles. The molecule has 0 bridgehead atoms. The van der Waals surface area contributed by atoms with E-state index in [4.69, 9.17) is 4.98 Å². The molecule has 2 aromatic heterocycles. The highest BCUT2D eigenvalue weighted by atomic mass is 32.1. The second kappa shape index (κ2) is 10.5. The number of fused-ring (bicyclic) bond motifs is 1. The highest BCUT2D eigenvalue weighted by Crippen LogP contribution is 2.33. The number of carbonyl (C=O) groups is 3. The van der Waals surface area contributed by atoms with Crippen molar-refractivity contribution >= 4 is 45.0 Å². The van der Waals surface area contributed by atoms with Crippen molar-refractivity contribution in [1.82, 2.24) is 14.9 Å². The number of hydrogen-bond donors (Lipinski definition) is 0. The van der Waals surface area contributed by atoms with E-state index in [0.717, 1.165) is 31.9 Å². The van der Waals surface area contributed by atoms with Crippen molar-refractivity contribution in [2.45, 2.75) is 32.9 Å². The van der Waals surface area contributed by atoms with Crippen LogP contribution in [-0.4, -0.2) is 38.6 Å². The van der Waals surface area contributed by atoms with Crippen LogP contribution in [0.1, 0.15) is 33.5 Å². The Kier molecular flexibility index (Phi) is 6.69. The van der Waals surface area contributed by atoms with Crippen LogP contribution in [0.2, 0.25) is 0 Å². The molecular formula is C32H26N4O3S. The van der Waals surface area contributed by atoms with Gasteiger partial charge in [-0.2, -0.15) is 0 Å². The summed E-state index contributed by atoms with van der Waals surface area (Å²) in [6, 6.07) is 23.4. The summed E-state index contributed by atoms with van der Waals surface area (Å²) in [5.41, 5.74) is 5.68. The Bertz CT molecular complexity index is 1750. The Morgan fingerprint density at radius 3 is 2.52 bits per heavy atom. The van der Waals surface area contributed by atoms with Gasteiger partial charge in [0.2, 0.25) is 5.91 Å². The third-order valence-electron chi connectivity index (χ3n) is 7.02. The molecule has 3 aromatic carbocycles. The molecule has 1 aliphatic heterocycles. The second-order valence-corrected chi connectivity index (χ2v) is 11.0. The zero-order chi connectivity index (χ0) is 27.8. The van der Waals surface area contributed by atoms with Crippen molar-refractivity contribution in [1.29, 1.82) is 0 Å². The smallest absolute Gasteiger partial charge is 0.257 e. The van der Waals surface area contributed by atoms with Gasteiger partial charge < -0.3 is 4.90 Å². The minimum absolute atomic E-state index is 0.0877. The van der Waals surface area contributed by atoms with Gasteiger partial charge in [0.05, 0.1) is 22.3 Å². The highest BCUT2D eigenvalue weighted by molar-refractivity contribution is 7.21. The lowest BCUT2D eigenvalue weighted by atomic mass is 10.1. The van der Waals surface area contributed by atoms with Gasteiger partial charge in [-0.1, -0.05) is 29.8 Å². The van der Waals surface area contributed by atoms with Crippen LogP contribution in [-0.2, 0) is 16.1 Å². The standard InChI is InChI=1S/C32H26N4O3S/c1-20-5-3-7-24(15-20)31(38)35(19-22-6-4-14-33-18-22)27-17-29(37)36(32(27)39)25-11-9-23(10-12-25)30-34-26-13-8-21(2)16-28(26)40-30/h3-16,18,27H,17,19H2,1-2H3. The van der Waals surface area contributed by atoms with Crippen molar-refractivity contribution in [3.8, 4) is 10.6 Å². The maximum absolute atomic E-state index is 13.7. The number of rotatable bonds is 6. The summed E-state index contributed by atoms with van der Waals surface area (Å²) in [5.74, 6) is -1.06. The van der Waals surface area contributed by atoms with Crippen LogP contribution in [0.25, 0.3) is 20.8 Å². The highest BCUT2D eigenvalue weighted by Gasteiger charge is 2.44. The fraction of sp³-hybridized carbons (Fsp3) is 0.156. The monoisotopic (exact) mass is 546 g/mol. The van der Waals surface area contributed by atoms with Gasteiger partial charge in [-0.25, -0.2) is 9.88 Å². The van der Waals surface area contributed by atoms with Crippen LogP contribution in [0.5, 0.6) is 0 Å². The van der Waals surface area contributed by atoms with Gasteiger partial charge in [0.15, 0.2) is 0 Å². The summed E-state index contributed by atoms with van der Waals surface area (Å²) in [4.78, 5) is 52.2. The van der Waals surface area contributed by atoms with E-state index in [-0.39, 0.29) is 24.8 Å². The zero-order valence-corrected chi connectivity index (χ0v) is 22.9. The van der Waals surface area contributed by atoms with Gasteiger partial charge in [0, 0.05) is 30.1 Å². The Balaban J connectivity index is 1.29. The predicted octanol–water partition coefficient (Wildman–Crippen LogP) is 5.95. The molecule has 1 fully saturated rings.